The summed E-state index contributed by atoms with van der Waals surface area (Å²) in [6, 6.07) is 33.1. The molecule has 4 heterocycles. The third-order valence-electron chi connectivity index (χ3n) is 17.1. The molecule has 0 saturated carbocycles. The van der Waals surface area contributed by atoms with Crippen molar-refractivity contribution in [1.29, 1.82) is 0 Å². The normalized spacial score (nSPS) is 21.0. The van der Waals surface area contributed by atoms with Crippen molar-refractivity contribution in [3.63, 3.8) is 0 Å². The van der Waals surface area contributed by atoms with Gasteiger partial charge in [-0.25, -0.2) is 0 Å². The molecular weight excluding hydrogens is 997 g/mol. The molecule has 4 saturated heterocycles. The number of nitrogens with one attached hydrogen (secondary N) is 4. The summed E-state index contributed by atoms with van der Waals surface area (Å²) in [5.74, 6) is -0.746. The maximum atomic E-state index is 14.8. The van der Waals surface area contributed by atoms with Gasteiger partial charge in [0, 0.05) is 82.5 Å². The van der Waals surface area contributed by atoms with Crippen LogP contribution in [0.2, 0.25) is 0 Å². The molecule has 7 atom stereocenters. The van der Waals surface area contributed by atoms with E-state index in [1.807, 2.05) is 105 Å². The van der Waals surface area contributed by atoms with Crippen molar-refractivity contribution in [3.05, 3.63) is 131 Å². The Kier molecular flexibility index (Phi) is 21.3. The van der Waals surface area contributed by atoms with Crippen LogP contribution in [-0.2, 0) is 41.5 Å². The first kappa shape index (κ1) is 58.7. The van der Waals surface area contributed by atoms with Gasteiger partial charge in [0.15, 0.2) is 0 Å². The molecule has 4 aliphatic rings. The van der Waals surface area contributed by atoms with Crippen molar-refractivity contribution in [1.82, 2.24) is 40.9 Å². The number of amides is 6. The summed E-state index contributed by atoms with van der Waals surface area (Å²) in [7, 11) is 3.44. The monoisotopic (exact) mass is 1090 g/mol. The van der Waals surface area contributed by atoms with E-state index in [1.165, 1.54) is 0 Å². The van der Waals surface area contributed by atoms with Crippen LogP contribution in [0.3, 0.4) is 0 Å². The highest BCUT2D eigenvalue weighted by Crippen LogP contribution is 2.32. The molecule has 4 aromatic rings. The van der Waals surface area contributed by atoms with Gasteiger partial charge in [0.05, 0.1) is 24.7 Å². The minimum atomic E-state index is -0.692. The zero-order chi connectivity index (χ0) is 55.8. The third kappa shape index (κ3) is 15.3. The summed E-state index contributed by atoms with van der Waals surface area (Å²) in [4.78, 5) is 92.7. The topological polar surface area (TPSA) is 182 Å². The smallest absolute Gasteiger partial charge is 0.253 e. The van der Waals surface area contributed by atoms with Crippen molar-refractivity contribution >= 4 is 35.4 Å². The van der Waals surface area contributed by atoms with Gasteiger partial charge in [-0.15, -0.1) is 0 Å². The second-order valence-corrected chi connectivity index (χ2v) is 22.3. The van der Waals surface area contributed by atoms with E-state index in [0.717, 1.165) is 35.1 Å². The maximum Gasteiger partial charge on any atom is 0.253 e. The van der Waals surface area contributed by atoms with Crippen LogP contribution in [0.5, 0.6) is 0 Å². The van der Waals surface area contributed by atoms with Crippen LogP contribution < -0.4 is 21.3 Å². The molecule has 79 heavy (non-hydrogen) atoms. The predicted molar refractivity (Wildman–Crippen MR) is 314 cm³/mol. The zero-order valence-electron chi connectivity index (χ0n) is 47.1. The Labute approximate surface area is 473 Å². The molecule has 0 radical (unpaired) electrons. The molecule has 4 aliphatic heterocycles. The van der Waals surface area contributed by atoms with E-state index in [0.29, 0.717) is 115 Å². The van der Waals surface area contributed by atoms with Gasteiger partial charge in [0.25, 0.3) is 11.8 Å². The number of nitrogens with zero attached hydrogens (tertiary/aromatic N) is 4. The lowest BCUT2D eigenvalue weighted by molar-refractivity contribution is -0.140. The lowest BCUT2D eigenvalue weighted by Crippen LogP contribution is -2.58. The van der Waals surface area contributed by atoms with Gasteiger partial charge in [0.1, 0.15) is 12.1 Å². The molecule has 6 amide bonds. The van der Waals surface area contributed by atoms with Gasteiger partial charge >= 0.3 is 0 Å². The van der Waals surface area contributed by atoms with Gasteiger partial charge in [0.2, 0.25) is 23.6 Å². The first-order valence-electron chi connectivity index (χ1n) is 28.9. The van der Waals surface area contributed by atoms with Crippen LogP contribution >= 0.6 is 0 Å². The number of ether oxygens (including phenoxy) is 2. The highest BCUT2D eigenvalue weighted by Gasteiger charge is 2.44. The van der Waals surface area contributed by atoms with Crippen molar-refractivity contribution in [3.8, 4) is 11.1 Å². The molecule has 0 spiro atoms. The van der Waals surface area contributed by atoms with Crippen molar-refractivity contribution in [2.24, 2.45) is 23.7 Å². The molecule has 0 bridgehead atoms. The minimum Gasteiger partial charge on any atom is -0.381 e. The van der Waals surface area contributed by atoms with Crippen LogP contribution in [0.1, 0.15) is 96.8 Å². The molecule has 4 aromatic carbocycles. The molecule has 1 unspecified atom stereocenters. The van der Waals surface area contributed by atoms with Crippen molar-refractivity contribution in [2.75, 3.05) is 86.3 Å². The lowest BCUT2D eigenvalue weighted by Gasteiger charge is -2.37. The number of carbonyl (C=O) groups excluding carboxylic acids is 6. The van der Waals surface area contributed by atoms with Crippen LogP contribution in [0, 0.1) is 23.7 Å². The molecular formula is C63H92N8O8. The molecule has 4 fully saturated rings. The van der Waals surface area contributed by atoms with Gasteiger partial charge in [-0.3, -0.25) is 28.8 Å². The number of likely N-dealkylation sites (tertiary alicyclic amines) is 2. The van der Waals surface area contributed by atoms with Crippen LogP contribution in [0.4, 0.5) is 0 Å². The lowest BCUT2D eigenvalue weighted by atomic mass is 9.90. The van der Waals surface area contributed by atoms with Gasteiger partial charge < -0.3 is 50.3 Å². The van der Waals surface area contributed by atoms with Crippen LogP contribution in [0.25, 0.3) is 11.1 Å². The Balaban J connectivity index is 0.00000370. The van der Waals surface area contributed by atoms with E-state index in [9.17, 15) is 28.8 Å². The van der Waals surface area contributed by atoms with Crippen LogP contribution in [-0.4, -0.2) is 172 Å². The second-order valence-electron chi connectivity index (χ2n) is 22.3. The Bertz CT molecular complexity index is 2650. The van der Waals surface area contributed by atoms with Gasteiger partial charge in [-0.1, -0.05) is 98.8 Å². The van der Waals surface area contributed by atoms with E-state index in [1.54, 1.807) is 21.0 Å². The standard InChI is InChI=1S/C63H84N8O8.4H2/c1-43-24-34-70(62(76)57(66-56(72)40-64-4)50-28-36-78-37-29-50)54(43)41-68(32-26-46-12-8-6-9-13-46)60(74)52-20-16-48(17-21-52)49-18-22-53(23-19-49)61(75)69(33-27-47-14-10-7-11-15-47)42-55-44(2)25-35-71(55)63(77)58(51-30-38-79-39-31-51)67-59(73)45(3)65-5;;;;/h6-23,43-45,50-51,54-55,57-58,64-65H,24-42H2,1-5H3,(H,66,72)(H,67,73);4*1H/t43?,44-,45-,54+,55+,57-,58-;;;;/m0..../s1. The first-order valence-corrected chi connectivity index (χ1v) is 28.9. The van der Waals surface area contributed by atoms with Crippen LogP contribution in [0.15, 0.2) is 109 Å². The Hall–Kier alpha value is -6.46. The van der Waals surface area contributed by atoms with Gasteiger partial charge in [-0.2, -0.15) is 0 Å². The summed E-state index contributed by atoms with van der Waals surface area (Å²) >= 11 is 0. The second kappa shape index (κ2) is 28.6. The van der Waals surface area contributed by atoms with E-state index in [-0.39, 0.29) is 83.4 Å². The Morgan fingerprint density at radius 3 is 1.37 bits per heavy atom. The number of hydrogen-bond donors (Lipinski definition) is 4. The first-order chi connectivity index (χ1) is 38.3. The third-order valence-corrected chi connectivity index (χ3v) is 17.1. The maximum absolute atomic E-state index is 14.8. The number of hydrogen-bond acceptors (Lipinski definition) is 10. The summed E-state index contributed by atoms with van der Waals surface area (Å²) in [5, 5.41) is 12.1. The number of carbonyl (C=O) groups is 6. The summed E-state index contributed by atoms with van der Waals surface area (Å²) in [6.07, 6.45) is 5.58. The highest BCUT2D eigenvalue weighted by atomic mass is 16.5. The summed E-state index contributed by atoms with van der Waals surface area (Å²) in [6.45, 7) is 11.0. The Morgan fingerprint density at radius 2 is 0.975 bits per heavy atom. The number of rotatable bonds is 23. The fourth-order valence-electron chi connectivity index (χ4n) is 11.9. The largest absolute Gasteiger partial charge is 0.381 e. The SMILES string of the molecule is CNCC(=O)N[C@H](C(=O)N1CCC(C)[C@H]1CN(CCc1ccccc1)C(=O)c1ccc(-c2ccc(C(=O)N(CCc3ccccc3)C[C@@H]3[C@@H](C)CCN3C(=O)[C@@H](NC(=O)[C@H](C)NC)C3CCOCC3)cc2)cc1)C1CCOCC1.[HH].[HH].[HH].[HH]. The molecule has 8 rings (SSSR count). The van der Waals surface area contributed by atoms with E-state index in [4.69, 9.17) is 9.47 Å². The molecule has 16 nitrogen and oxygen atoms in total. The minimum absolute atomic E-state index is 0. The fraction of sp³-hybridized carbons (Fsp3) is 0.524. The van der Waals surface area contributed by atoms with E-state index in [2.05, 4.69) is 59.4 Å². The average molecular weight is 1090 g/mol. The summed E-state index contributed by atoms with van der Waals surface area (Å²) < 4.78 is 11.3. The van der Waals surface area contributed by atoms with E-state index >= 15 is 0 Å². The zero-order valence-corrected chi connectivity index (χ0v) is 47.1. The predicted octanol–water partition coefficient (Wildman–Crippen LogP) is 6.83. The Morgan fingerprint density at radius 1 is 0.570 bits per heavy atom. The molecule has 0 aromatic heterocycles. The van der Waals surface area contributed by atoms with Crippen molar-refractivity contribution < 1.29 is 43.9 Å². The number of benzene rings is 4. The molecule has 4 N–H and O–H groups in total. The average Bonchev–Trinajstić information content (AvgIpc) is 4.07. The highest BCUT2D eigenvalue weighted by molar-refractivity contribution is 5.96. The van der Waals surface area contributed by atoms with E-state index < -0.39 is 18.1 Å². The molecule has 0 aliphatic carbocycles. The molecule has 16 heteroatoms. The molecule has 432 valence electrons. The van der Waals surface area contributed by atoms with Gasteiger partial charge in [-0.05, 0) is 143 Å². The quantitative estimate of drug-likeness (QED) is 0.0615. The number of likely N-dealkylation sites (N-methyl/N-ethyl adjacent to an activating group) is 2. The fourth-order valence-corrected chi connectivity index (χ4v) is 11.9. The van der Waals surface area contributed by atoms with Crippen molar-refractivity contribution in [2.45, 2.75) is 102 Å². The summed E-state index contributed by atoms with van der Waals surface area (Å²) in [5.41, 5.74) is 5.05.